The van der Waals surface area contributed by atoms with Gasteiger partial charge in [-0.1, -0.05) is 0 Å². The van der Waals surface area contributed by atoms with Crippen LogP contribution in [-0.4, -0.2) is 22.2 Å². The molecule has 0 aliphatic rings. The van der Waals surface area contributed by atoms with Crippen LogP contribution in [-0.2, 0) is 0 Å². The van der Waals surface area contributed by atoms with E-state index in [1.165, 1.54) is 19.4 Å². The van der Waals surface area contributed by atoms with E-state index in [9.17, 15) is 0 Å². The Morgan fingerprint density at radius 2 is 1.82 bits per heavy atom. The summed E-state index contributed by atoms with van der Waals surface area (Å²) < 4.78 is 0. The Kier molecular flexibility index (Phi) is 2.00. The SMILES string of the molecule is CN=Nc1c(O)cncc1O. The molecule has 0 aliphatic heterocycles. The van der Waals surface area contributed by atoms with Gasteiger partial charge in [0.2, 0.25) is 0 Å². The molecule has 5 nitrogen and oxygen atoms in total. The fourth-order valence-electron chi connectivity index (χ4n) is 0.634. The van der Waals surface area contributed by atoms with Crippen molar-refractivity contribution in [1.29, 1.82) is 0 Å². The quantitative estimate of drug-likeness (QED) is 0.595. The summed E-state index contributed by atoms with van der Waals surface area (Å²) in [4.78, 5) is 3.53. The summed E-state index contributed by atoms with van der Waals surface area (Å²) in [6.07, 6.45) is 2.37. The molecule has 0 radical (unpaired) electrons. The van der Waals surface area contributed by atoms with Gasteiger partial charge in [-0.15, -0.1) is 5.11 Å². The second-order valence-corrected chi connectivity index (χ2v) is 1.83. The van der Waals surface area contributed by atoms with Gasteiger partial charge in [0, 0.05) is 7.05 Å². The molecule has 1 aromatic rings. The maximum Gasteiger partial charge on any atom is 0.172 e. The monoisotopic (exact) mass is 153 g/mol. The lowest BCUT2D eigenvalue weighted by Gasteiger charge is -1.97. The van der Waals surface area contributed by atoms with Gasteiger partial charge in [0.25, 0.3) is 0 Å². The van der Waals surface area contributed by atoms with Crippen LogP contribution in [0.1, 0.15) is 0 Å². The number of hydrogen-bond acceptors (Lipinski definition) is 5. The van der Waals surface area contributed by atoms with Crippen molar-refractivity contribution in [2.75, 3.05) is 7.05 Å². The van der Waals surface area contributed by atoms with Gasteiger partial charge in [-0.25, -0.2) is 0 Å². The van der Waals surface area contributed by atoms with Crippen molar-refractivity contribution in [3.05, 3.63) is 12.4 Å². The Balaban J connectivity index is 3.20. The smallest absolute Gasteiger partial charge is 0.172 e. The van der Waals surface area contributed by atoms with Gasteiger partial charge in [0.1, 0.15) is 0 Å². The summed E-state index contributed by atoms with van der Waals surface area (Å²) in [6, 6.07) is 0. The highest BCUT2D eigenvalue weighted by Crippen LogP contribution is 2.33. The maximum atomic E-state index is 9.05. The van der Waals surface area contributed by atoms with Crippen molar-refractivity contribution in [2.45, 2.75) is 0 Å². The van der Waals surface area contributed by atoms with Crippen LogP contribution in [0.5, 0.6) is 11.5 Å². The van der Waals surface area contributed by atoms with Gasteiger partial charge < -0.3 is 10.2 Å². The number of aromatic nitrogens is 1. The molecule has 1 aromatic heterocycles. The molecule has 5 heteroatoms. The zero-order valence-corrected chi connectivity index (χ0v) is 5.89. The third-order valence-corrected chi connectivity index (χ3v) is 1.08. The van der Waals surface area contributed by atoms with Crippen molar-refractivity contribution >= 4 is 5.69 Å². The van der Waals surface area contributed by atoms with Gasteiger partial charge in [-0.2, -0.15) is 5.11 Å². The van der Waals surface area contributed by atoms with Crippen molar-refractivity contribution in [3.63, 3.8) is 0 Å². The van der Waals surface area contributed by atoms with Crippen LogP contribution in [0.4, 0.5) is 5.69 Å². The van der Waals surface area contributed by atoms with Gasteiger partial charge in [-0.3, -0.25) is 4.98 Å². The molecule has 0 saturated heterocycles. The van der Waals surface area contributed by atoms with Gasteiger partial charge in [0.15, 0.2) is 17.2 Å². The van der Waals surface area contributed by atoms with E-state index >= 15 is 0 Å². The molecule has 0 saturated carbocycles. The van der Waals surface area contributed by atoms with E-state index in [2.05, 4.69) is 15.2 Å². The average Bonchev–Trinajstić information content (AvgIpc) is 1.97. The highest BCUT2D eigenvalue weighted by Gasteiger charge is 2.04. The number of nitrogens with zero attached hydrogens (tertiary/aromatic N) is 3. The van der Waals surface area contributed by atoms with E-state index in [1.54, 1.807) is 0 Å². The number of azo groups is 1. The molecule has 1 heterocycles. The minimum atomic E-state index is -0.185. The van der Waals surface area contributed by atoms with Crippen LogP contribution < -0.4 is 0 Å². The standard InChI is InChI=1S/C6H7N3O2/c1-7-9-6-4(10)2-8-3-5(6)11/h2-3,10-11H,1H3. The Hall–Kier alpha value is -1.65. The third kappa shape index (κ3) is 1.43. The fraction of sp³-hybridized carbons (Fsp3) is 0.167. The zero-order chi connectivity index (χ0) is 8.27. The van der Waals surface area contributed by atoms with Gasteiger partial charge in [0.05, 0.1) is 12.4 Å². The second kappa shape index (κ2) is 2.96. The lowest BCUT2D eigenvalue weighted by molar-refractivity contribution is 0.448. The molecule has 58 valence electrons. The highest BCUT2D eigenvalue weighted by molar-refractivity contribution is 5.57. The third-order valence-electron chi connectivity index (χ3n) is 1.08. The first-order valence-electron chi connectivity index (χ1n) is 2.91. The van der Waals surface area contributed by atoms with Gasteiger partial charge in [-0.05, 0) is 0 Å². The predicted octanol–water partition coefficient (Wildman–Crippen LogP) is 1.21. The first-order valence-corrected chi connectivity index (χ1v) is 2.91. The number of aromatic hydroxyl groups is 2. The molecule has 0 atom stereocenters. The Labute approximate surface area is 63.1 Å². The first kappa shape index (κ1) is 7.46. The maximum absolute atomic E-state index is 9.05. The molecule has 0 unspecified atom stereocenters. The summed E-state index contributed by atoms with van der Waals surface area (Å²) in [5.41, 5.74) is 0.0440. The van der Waals surface area contributed by atoms with E-state index in [1.807, 2.05) is 0 Å². The second-order valence-electron chi connectivity index (χ2n) is 1.83. The normalized spacial score (nSPS) is 10.6. The van der Waals surface area contributed by atoms with E-state index in [-0.39, 0.29) is 17.2 Å². The fourth-order valence-corrected chi connectivity index (χ4v) is 0.634. The van der Waals surface area contributed by atoms with E-state index in [0.29, 0.717) is 0 Å². The van der Waals surface area contributed by atoms with Crippen molar-refractivity contribution in [1.82, 2.24) is 4.98 Å². The van der Waals surface area contributed by atoms with Crippen LogP contribution in [0.15, 0.2) is 22.6 Å². The van der Waals surface area contributed by atoms with Crippen LogP contribution >= 0.6 is 0 Å². The minimum absolute atomic E-state index is 0.0440. The van der Waals surface area contributed by atoms with Crippen LogP contribution in [0.2, 0.25) is 0 Å². The largest absolute Gasteiger partial charge is 0.504 e. The van der Waals surface area contributed by atoms with Crippen molar-refractivity contribution in [2.24, 2.45) is 10.2 Å². The first-order chi connectivity index (χ1) is 5.25. The molecule has 0 bridgehead atoms. The summed E-state index contributed by atoms with van der Waals surface area (Å²) in [5, 5.41) is 25.0. The molecule has 0 amide bonds. The highest BCUT2D eigenvalue weighted by atomic mass is 16.3. The van der Waals surface area contributed by atoms with Crippen LogP contribution in [0.25, 0.3) is 0 Å². The molecule has 2 N–H and O–H groups in total. The minimum Gasteiger partial charge on any atom is -0.504 e. The molecule has 11 heavy (non-hydrogen) atoms. The number of hydrogen-bond donors (Lipinski definition) is 2. The molecular weight excluding hydrogens is 146 g/mol. The molecule has 1 rings (SSSR count). The van der Waals surface area contributed by atoms with E-state index < -0.39 is 0 Å². The Morgan fingerprint density at radius 1 is 1.27 bits per heavy atom. The Morgan fingerprint density at radius 3 is 2.27 bits per heavy atom. The summed E-state index contributed by atoms with van der Waals surface area (Å²) in [5.74, 6) is -0.369. The topological polar surface area (TPSA) is 78.1 Å². The number of pyridine rings is 1. The molecular formula is C6H7N3O2. The predicted molar refractivity (Wildman–Crippen MR) is 38.0 cm³/mol. The molecule has 0 aliphatic carbocycles. The number of rotatable bonds is 1. The van der Waals surface area contributed by atoms with E-state index in [4.69, 9.17) is 10.2 Å². The average molecular weight is 153 g/mol. The van der Waals surface area contributed by atoms with Crippen LogP contribution in [0, 0.1) is 0 Å². The Bertz CT molecular complexity index is 265. The van der Waals surface area contributed by atoms with Crippen molar-refractivity contribution in [3.8, 4) is 11.5 Å². The van der Waals surface area contributed by atoms with Crippen LogP contribution in [0.3, 0.4) is 0 Å². The van der Waals surface area contributed by atoms with E-state index in [0.717, 1.165) is 0 Å². The van der Waals surface area contributed by atoms with Gasteiger partial charge >= 0.3 is 0 Å². The molecule has 0 aromatic carbocycles. The lowest BCUT2D eigenvalue weighted by atomic mass is 10.4. The summed E-state index contributed by atoms with van der Waals surface area (Å²) in [7, 11) is 1.44. The van der Waals surface area contributed by atoms with Crippen molar-refractivity contribution < 1.29 is 10.2 Å². The zero-order valence-electron chi connectivity index (χ0n) is 5.89. The lowest BCUT2D eigenvalue weighted by Crippen LogP contribution is -1.73. The summed E-state index contributed by atoms with van der Waals surface area (Å²) >= 11 is 0. The summed E-state index contributed by atoms with van der Waals surface area (Å²) in [6.45, 7) is 0. The molecule has 0 spiro atoms. The molecule has 0 fully saturated rings.